The van der Waals surface area contributed by atoms with Crippen LogP contribution >= 0.6 is 22.6 Å². The number of halogens is 1. The molecule has 1 amide bonds. The highest BCUT2D eigenvalue weighted by Gasteiger charge is 2.16. The number of nitrogens with two attached hydrogens (primary N) is 1. The fourth-order valence-corrected chi connectivity index (χ4v) is 2.17. The van der Waals surface area contributed by atoms with Crippen LogP contribution in [0.5, 0.6) is 0 Å². The number of carbonyl (C=O) groups is 1. The first-order valence-corrected chi connectivity index (χ1v) is 7.02. The first-order chi connectivity index (χ1) is 9.60. The van der Waals surface area contributed by atoms with E-state index >= 15 is 0 Å². The van der Waals surface area contributed by atoms with Crippen molar-refractivity contribution in [1.29, 1.82) is 0 Å². The smallest absolute Gasteiger partial charge is 0.273 e. The summed E-state index contributed by atoms with van der Waals surface area (Å²) in [5.74, 6) is -0.198. The average Bonchev–Trinajstić information content (AvgIpc) is 2.94. The second kappa shape index (κ2) is 6.82. The predicted molar refractivity (Wildman–Crippen MR) is 80.8 cm³/mol. The van der Waals surface area contributed by atoms with Crippen LogP contribution in [0.2, 0.25) is 0 Å². The number of oxazole rings is 1. The third kappa shape index (κ3) is 3.78. The molecule has 0 fully saturated rings. The molecule has 1 atom stereocenters. The number of aromatic nitrogens is 1. The Morgan fingerprint density at radius 1 is 1.55 bits per heavy atom. The Morgan fingerprint density at radius 2 is 2.35 bits per heavy atom. The van der Waals surface area contributed by atoms with Crippen LogP contribution in [0.3, 0.4) is 0 Å². The van der Waals surface area contributed by atoms with Crippen LogP contribution in [0.25, 0.3) is 0 Å². The fourth-order valence-electron chi connectivity index (χ4n) is 1.56. The Hall–Kier alpha value is -1.45. The Labute approximate surface area is 129 Å². The van der Waals surface area contributed by atoms with E-state index < -0.39 is 6.04 Å². The van der Waals surface area contributed by atoms with Crippen molar-refractivity contribution in [2.75, 3.05) is 6.61 Å². The quantitative estimate of drug-likeness (QED) is 0.670. The molecule has 20 heavy (non-hydrogen) atoms. The van der Waals surface area contributed by atoms with E-state index in [2.05, 4.69) is 32.9 Å². The summed E-state index contributed by atoms with van der Waals surface area (Å²) >= 11 is 2.21. The molecule has 1 aromatic carbocycles. The predicted octanol–water partition coefficient (Wildman–Crippen LogP) is 1.20. The summed E-state index contributed by atoms with van der Waals surface area (Å²) in [7, 11) is 0. The number of nitrogens with one attached hydrogen (secondary N) is 1. The van der Waals surface area contributed by atoms with E-state index in [-0.39, 0.29) is 24.1 Å². The Bertz CT molecular complexity index is 600. The number of rotatable bonds is 5. The zero-order chi connectivity index (χ0) is 14.5. The fraction of sp³-hybridized carbons (Fsp3) is 0.231. The number of nitrogens with zero attached hydrogens (tertiary/aromatic N) is 1. The van der Waals surface area contributed by atoms with Crippen LogP contribution in [-0.2, 0) is 6.54 Å². The van der Waals surface area contributed by atoms with Crippen LogP contribution in [0.15, 0.2) is 34.9 Å². The summed E-state index contributed by atoms with van der Waals surface area (Å²) in [5.41, 5.74) is 6.70. The van der Waals surface area contributed by atoms with Gasteiger partial charge in [-0.3, -0.25) is 4.79 Å². The highest BCUT2D eigenvalue weighted by Crippen LogP contribution is 2.10. The summed E-state index contributed by atoms with van der Waals surface area (Å²) in [6.45, 7) is 0.119. The van der Waals surface area contributed by atoms with Gasteiger partial charge in [0, 0.05) is 10.1 Å². The third-order valence-corrected chi connectivity index (χ3v) is 3.28. The Morgan fingerprint density at radius 3 is 3.05 bits per heavy atom. The molecule has 6 nitrogen and oxygen atoms in total. The number of hydrogen-bond donors (Lipinski definition) is 3. The van der Waals surface area contributed by atoms with Gasteiger partial charge in [0.2, 0.25) is 5.89 Å². The van der Waals surface area contributed by atoms with Gasteiger partial charge in [-0.2, -0.15) is 0 Å². The van der Waals surface area contributed by atoms with Crippen molar-refractivity contribution in [1.82, 2.24) is 10.3 Å². The van der Waals surface area contributed by atoms with E-state index in [0.717, 1.165) is 9.13 Å². The highest BCUT2D eigenvalue weighted by molar-refractivity contribution is 14.1. The largest absolute Gasteiger partial charge is 0.446 e. The third-order valence-electron chi connectivity index (χ3n) is 2.61. The molecular formula is C13H14IN3O3. The molecule has 0 radical (unpaired) electrons. The summed E-state index contributed by atoms with van der Waals surface area (Å²) in [4.78, 5) is 15.8. The molecule has 0 bridgehead atoms. The van der Waals surface area contributed by atoms with Crippen LogP contribution < -0.4 is 11.1 Å². The molecular weight excluding hydrogens is 373 g/mol. The van der Waals surface area contributed by atoms with E-state index in [0.29, 0.717) is 6.54 Å². The topological polar surface area (TPSA) is 101 Å². The lowest BCUT2D eigenvalue weighted by molar-refractivity contribution is 0.0945. The molecule has 0 saturated heterocycles. The molecule has 0 spiro atoms. The molecule has 1 heterocycles. The van der Waals surface area contributed by atoms with E-state index in [1.165, 1.54) is 6.26 Å². The molecule has 1 unspecified atom stereocenters. The van der Waals surface area contributed by atoms with E-state index in [4.69, 9.17) is 15.3 Å². The standard InChI is InChI=1S/C13H14IN3O3/c14-9-3-1-2-8(4-9)5-16-12(19)11-7-20-13(17-11)10(15)6-18/h1-4,7,10,18H,5-6,15H2,(H,16,19). The molecule has 0 aliphatic rings. The number of aliphatic hydroxyl groups excluding tert-OH is 1. The first-order valence-electron chi connectivity index (χ1n) is 5.94. The number of carbonyl (C=O) groups excluding carboxylic acids is 1. The number of aliphatic hydroxyl groups is 1. The van der Waals surface area contributed by atoms with Crippen molar-refractivity contribution < 1.29 is 14.3 Å². The summed E-state index contributed by atoms with van der Waals surface area (Å²) in [6, 6.07) is 7.10. The molecule has 7 heteroatoms. The van der Waals surface area contributed by atoms with Gasteiger partial charge >= 0.3 is 0 Å². The van der Waals surface area contributed by atoms with Crippen molar-refractivity contribution in [3.63, 3.8) is 0 Å². The van der Waals surface area contributed by atoms with Crippen molar-refractivity contribution in [3.05, 3.63) is 51.2 Å². The van der Waals surface area contributed by atoms with Gasteiger partial charge in [-0.05, 0) is 40.3 Å². The van der Waals surface area contributed by atoms with Gasteiger partial charge < -0.3 is 20.6 Å². The number of benzene rings is 1. The normalized spacial score (nSPS) is 12.2. The van der Waals surface area contributed by atoms with Crippen LogP contribution in [0.1, 0.15) is 28.0 Å². The molecule has 2 aromatic rings. The maximum atomic E-state index is 11.9. The highest BCUT2D eigenvalue weighted by atomic mass is 127. The molecule has 106 valence electrons. The Kier molecular flexibility index (Phi) is 5.10. The molecule has 1 aromatic heterocycles. The van der Waals surface area contributed by atoms with E-state index in [1.54, 1.807) is 0 Å². The van der Waals surface area contributed by atoms with Gasteiger partial charge in [-0.25, -0.2) is 4.98 Å². The summed E-state index contributed by atoms with van der Waals surface area (Å²) < 4.78 is 6.16. The monoisotopic (exact) mass is 387 g/mol. The van der Waals surface area contributed by atoms with Crippen molar-refractivity contribution in [2.45, 2.75) is 12.6 Å². The zero-order valence-corrected chi connectivity index (χ0v) is 12.7. The molecule has 0 saturated carbocycles. The van der Waals surface area contributed by atoms with Gasteiger partial charge in [0.05, 0.1) is 6.61 Å². The maximum absolute atomic E-state index is 11.9. The lowest BCUT2D eigenvalue weighted by Crippen LogP contribution is -2.23. The van der Waals surface area contributed by atoms with Crippen molar-refractivity contribution in [2.24, 2.45) is 5.73 Å². The van der Waals surface area contributed by atoms with Gasteiger partial charge in [0.1, 0.15) is 12.3 Å². The maximum Gasteiger partial charge on any atom is 0.273 e. The van der Waals surface area contributed by atoms with Gasteiger partial charge in [-0.15, -0.1) is 0 Å². The van der Waals surface area contributed by atoms with E-state index in [9.17, 15) is 4.79 Å². The van der Waals surface area contributed by atoms with Crippen molar-refractivity contribution in [3.8, 4) is 0 Å². The number of hydrogen-bond acceptors (Lipinski definition) is 5. The Balaban J connectivity index is 1.96. The molecule has 4 N–H and O–H groups in total. The van der Waals surface area contributed by atoms with Crippen molar-refractivity contribution >= 4 is 28.5 Å². The summed E-state index contributed by atoms with van der Waals surface area (Å²) in [6.07, 6.45) is 1.23. The van der Waals surface area contributed by atoms with Crippen LogP contribution in [0, 0.1) is 3.57 Å². The van der Waals surface area contributed by atoms with Gasteiger partial charge in [0.25, 0.3) is 5.91 Å². The van der Waals surface area contributed by atoms with Crippen LogP contribution in [-0.4, -0.2) is 22.6 Å². The van der Waals surface area contributed by atoms with Gasteiger partial charge in [0.15, 0.2) is 5.69 Å². The molecule has 2 rings (SSSR count). The van der Waals surface area contributed by atoms with E-state index in [1.807, 2.05) is 24.3 Å². The SMILES string of the molecule is NC(CO)c1nc(C(=O)NCc2cccc(I)c2)co1. The lowest BCUT2D eigenvalue weighted by atomic mass is 10.2. The molecule has 0 aliphatic heterocycles. The minimum Gasteiger partial charge on any atom is -0.446 e. The summed E-state index contributed by atoms with van der Waals surface area (Å²) in [5, 5.41) is 11.6. The van der Waals surface area contributed by atoms with Gasteiger partial charge in [-0.1, -0.05) is 12.1 Å². The van der Waals surface area contributed by atoms with Crippen LogP contribution in [0.4, 0.5) is 0 Å². The average molecular weight is 387 g/mol. The molecule has 0 aliphatic carbocycles. The lowest BCUT2D eigenvalue weighted by Gasteiger charge is -2.03. The second-order valence-electron chi connectivity index (χ2n) is 4.17. The number of amides is 1. The first kappa shape index (κ1) is 14.9. The minimum atomic E-state index is -0.716. The second-order valence-corrected chi connectivity index (χ2v) is 5.42. The minimum absolute atomic E-state index is 0.145. The zero-order valence-electron chi connectivity index (χ0n) is 10.5.